The van der Waals surface area contributed by atoms with Crippen LogP contribution in [0.25, 0.3) is 0 Å². The summed E-state index contributed by atoms with van der Waals surface area (Å²) < 4.78 is 5.35. The van der Waals surface area contributed by atoms with Gasteiger partial charge in [-0.25, -0.2) is 14.6 Å². The summed E-state index contributed by atoms with van der Waals surface area (Å²) in [5.74, 6) is -0.270. The molecule has 4 amide bonds. The van der Waals surface area contributed by atoms with Gasteiger partial charge in [0, 0.05) is 24.5 Å². The normalized spacial score (nSPS) is 14.3. The Balaban J connectivity index is 1.45. The predicted octanol–water partition coefficient (Wildman–Crippen LogP) is 4.24. The van der Waals surface area contributed by atoms with E-state index in [-0.39, 0.29) is 31.9 Å². The van der Waals surface area contributed by atoms with Gasteiger partial charge < -0.3 is 35.8 Å². The average Bonchev–Trinajstić information content (AvgIpc) is 3.80. The number of aliphatic hydroxyl groups is 2. The molecule has 0 saturated carbocycles. The van der Waals surface area contributed by atoms with Crippen LogP contribution in [0.4, 0.5) is 9.59 Å². The molecule has 12 nitrogen and oxygen atoms in total. The third-order valence-electron chi connectivity index (χ3n) is 7.77. The number of thiazole rings is 2. The van der Waals surface area contributed by atoms with Crippen LogP contribution in [0.1, 0.15) is 53.4 Å². The second-order valence-electron chi connectivity index (χ2n) is 12.1. The zero-order valence-corrected chi connectivity index (χ0v) is 29.6. The number of hydrogen-bond acceptors (Lipinski definition) is 10. The second-order valence-corrected chi connectivity index (χ2v) is 14.0. The quantitative estimate of drug-likeness (QED) is 0.115. The van der Waals surface area contributed by atoms with Gasteiger partial charge in [-0.05, 0) is 30.9 Å². The second kappa shape index (κ2) is 18.4. The van der Waals surface area contributed by atoms with Crippen LogP contribution in [0.2, 0.25) is 0 Å². The summed E-state index contributed by atoms with van der Waals surface area (Å²) >= 11 is 2.88. The van der Waals surface area contributed by atoms with Gasteiger partial charge in [0.15, 0.2) is 0 Å². The van der Waals surface area contributed by atoms with Crippen molar-refractivity contribution < 1.29 is 29.3 Å². The smallest absolute Gasteiger partial charge is 0.407 e. The van der Waals surface area contributed by atoms with Crippen LogP contribution >= 0.6 is 22.7 Å². The molecule has 0 radical (unpaired) electrons. The van der Waals surface area contributed by atoms with Crippen molar-refractivity contribution in [3.8, 4) is 0 Å². The number of hydrogen-bond donors (Lipinski definition) is 5. The number of aromatic nitrogens is 2. The zero-order chi connectivity index (χ0) is 35.3. The highest BCUT2D eigenvalue weighted by Gasteiger charge is 2.35. The molecule has 0 saturated heterocycles. The highest BCUT2D eigenvalue weighted by Crippen LogP contribution is 2.20. The summed E-state index contributed by atoms with van der Waals surface area (Å²) in [5, 5.41) is 34.3. The lowest BCUT2D eigenvalue weighted by atomic mass is 9.91. The number of nitrogens with one attached hydrogen (secondary N) is 3. The minimum atomic E-state index is -1.52. The average molecular weight is 709 g/mol. The molecule has 2 heterocycles. The summed E-state index contributed by atoms with van der Waals surface area (Å²) in [6.45, 7) is 5.93. The van der Waals surface area contributed by atoms with Crippen molar-refractivity contribution in [3.05, 3.63) is 104 Å². The van der Waals surface area contributed by atoms with Crippen molar-refractivity contribution in [1.82, 2.24) is 30.8 Å². The minimum absolute atomic E-state index is 0.00144. The summed E-state index contributed by atoms with van der Waals surface area (Å²) in [5.41, 5.74) is 4.00. The molecular formula is C35H44N6O6S2. The molecule has 5 atom stereocenters. The summed E-state index contributed by atoms with van der Waals surface area (Å²) in [4.78, 5) is 50.0. The molecule has 0 bridgehead atoms. The van der Waals surface area contributed by atoms with Gasteiger partial charge in [-0.1, -0.05) is 74.5 Å². The number of aliphatic hydroxyl groups excluding tert-OH is 2. The fourth-order valence-electron chi connectivity index (χ4n) is 5.01. The van der Waals surface area contributed by atoms with Crippen molar-refractivity contribution in [2.24, 2.45) is 0 Å². The van der Waals surface area contributed by atoms with Gasteiger partial charge >= 0.3 is 12.1 Å². The Bertz CT molecular complexity index is 1610. The number of carbonyl (C=O) groups excluding carboxylic acids is 3. The molecule has 49 heavy (non-hydrogen) atoms. The predicted molar refractivity (Wildman–Crippen MR) is 189 cm³/mol. The van der Waals surface area contributed by atoms with E-state index in [1.807, 2.05) is 66.0 Å². The fraction of sp³-hybridized carbons (Fsp3) is 0.400. The number of ether oxygens (including phenoxy) is 1. The lowest BCUT2D eigenvalue weighted by Gasteiger charge is -2.33. The maximum absolute atomic E-state index is 13.5. The highest BCUT2D eigenvalue weighted by atomic mass is 32.1. The van der Waals surface area contributed by atoms with Crippen molar-refractivity contribution in [3.63, 3.8) is 0 Å². The first-order chi connectivity index (χ1) is 23.5. The number of carbonyl (C=O) groups is 3. The summed E-state index contributed by atoms with van der Waals surface area (Å²) in [6.07, 6.45) is -1.87. The van der Waals surface area contributed by atoms with Crippen molar-refractivity contribution in [2.45, 2.75) is 83.0 Å². The number of alkyl carbamates (subject to hydrolysis) is 1. The first-order valence-corrected chi connectivity index (χ1v) is 17.8. The maximum Gasteiger partial charge on any atom is 0.407 e. The lowest BCUT2D eigenvalue weighted by Crippen LogP contribution is -2.59. The van der Waals surface area contributed by atoms with E-state index in [0.29, 0.717) is 0 Å². The molecule has 5 N–H and O–H groups in total. The SMILES string of the molecule is CC(C)c1nc(CN(C)C(=O)N[C@@H](C)C(=O)N[C@@H](Cc2ccccc2)[C@@H](O)[C@@H](O)[C@H](Cc2ccccc2)NC(=O)OCc2cncs2)cs1. The van der Waals surface area contributed by atoms with Crippen LogP contribution in [0.15, 0.2) is 77.8 Å². The van der Waals surface area contributed by atoms with Gasteiger partial charge in [-0.2, -0.15) is 0 Å². The molecule has 14 heteroatoms. The van der Waals surface area contributed by atoms with Crippen molar-refractivity contribution >= 4 is 40.7 Å². The van der Waals surface area contributed by atoms with E-state index in [0.717, 1.165) is 26.7 Å². The molecule has 0 aliphatic carbocycles. The molecule has 2 aromatic carbocycles. The van der Waals surface area contributed by atoms with E-state index in [2.05, 4.69) is 39.8 Å². The fourth-order valence-corrected chi connectivity index (χ4v) is 6.35. The number of benzene rings is 2. The topological polar surface area (TPSA) is 166 Å². The first-order valence-electron chi connectivity index (χ1n) is 16.0. The van der Waals surface area contributed by atoms with Crippen molar-refractivity contribution in [1.29, 1.82) is 0 Å². The molecule has 4 aromatic rings. The van der Waals surface area contributed by atoms with Crippen LogP contribution < -0.4 is 16.0 Å². The largest absolute Gasteiger partial charge is 0.444 e. The van der Waals surface area contributed by atoms with Crippen LogP contribution in [0.3, 0.4) is 0 Å². The van der Waals surface area contributed by atoms with Gasteiger partial charge in [0.05, 0.1) is 39.7 Å². The zero-order valence-electron chi connectivity index (χ0n) is 28.0. The third-order valence-corrected chi connectivity index (χ3v) is 9.72. The van der Waals surface area contributed by atoms with Crippen LogP contribution in [-0.2, 0) is 35.5 Å². The molecule has 0 unspecified atom stereocenters. The Labute approximate surface area is 294 Å². The van der Waals surface area contributed by atoms with E-state index < -0.39 is 48.4 Å². The molecule has 2 aromatic heterocycles. The number of urea groups is 1. The van der Waals surface area contributed by atoms with Gasteiger partial charge in [-0.15, -0.1) is 22.7 Å². The molecule has 4 rings (SSSR count). The number of nitrogens with zero attached hydrogens (tertiary/aromatic N) is 3. The van der Waals surface area contributed by atoms with Gasteiger partial charge in [0.2, 0.25) is 5.91 Å². The highest BCUT2D eigenvalue weighted by molar-refractivity contribution is 7.09. The standard InChI is InChI=1S/C35H44N6O6S2/c1-22(2)33-38-26(20-48-33)18-41(4)34(45)37-23(3)32(44)39-28(15-24-11-7-5-8-12-24)30(42)31(43)29(16-25-13-9-6-10-14-25)40-35(46)47-19-27-17-36-21-49-27/h5-14,17,20-23,28-31,42-43H,15-16,18-19H2,1-4H3,(H,37,45)(H,39,44)(H,40,46)/t23-,28-,29-,30+,31-/m0/s1. The summed E-state index contributed by atoms with van der Waals surface area (Å²) in [6, 6.07) is 15.0. The van der Waals surface area contributed by atoms with Crippen LogP contribution in [0, 0.1) is 0 Å². The van der Waals surface area contributed by atoms with E-state index in [9.17, 15) is 24.6 Å². The lowest BCUT2D eigenvalue weighted by molar-refractivity contribution is -0.125. The van der Waals surface area contributed by atoms with Gasteiger partial charge in [0.1, 0.15) is 24.9 Å². The van der Waals surface area contributed by atoms with Crippen LogP contribution in [-0.4, -0.2) is 80.5 Å². The molecule has 0 spiro atoms. The molecular weight excluding hydrogens is 665 g/mol. The Morgan fingerprint density at radius 3 is 1.98 bits per heavy atom. The van der Waals surface area contributed by atoms with E-state index in [4.69, 9.17) is 4.74 Å². The minimum Gasteiger partial charge on any atom is -0.444 e. The Hall–Kier alpha value is -4.37. The number of amides is 4. The van der Waals surface area contributed by atoms with Crippen molar-refractivity contribution in [2.75, 3.05) is 7.05 Å². The Morgan fingerprint density at radius 1 is 0.857 bits per heavy atom. The molecule has 262 valence electrons. The Kier molecular flexibility index (Phi) is 14.1. The van der Waals surface area contributed by atoms with Gasteiger partial charge in [-0.3, -0.25) is 9.78 Å². The van der Waals surface area contributed by atoms with E-state index in [1.165, 1.54) is 27.6 Å². The molecule has 0 fully saturated rings. The summed E-state index contributed by atoms with van der Waals surface area (Å²) in [7, 11) is 1.62. The first kappa shape index (κ1) is 37.4. The van der Waals surface area contributed by atoms with Gasteiger partial charge in [0.25, 0.3) is 0 Å². The monoisotopic (exact) mass is 708 g/mol. The Morgan fingerprint density at radius 2 is 1.45 bits per heavy atom. The molecule has 0 aliphatic heterocycles. The van der Waals surface area contributed by atoms with E-state index >= 15 is 0 Å². The number of rotatable bonds is 16. The van der Waals surface area contributed by atoms with E-state index in [1.54, 1.807) is 25.7 Å². The molecule has 0 aliphatic rings. The van der Waals surface area contributed by atoms with Crippen LogP contribution in [0.5, 0.6) is 0 Å². The third kappa shape index (κ3) is 11.6. The maximum atomic E-state index is 13.5.